The van der Waals surface area contributed by atoms with Crippen LogP contribution in [0.4, 0.5) is 15.9 Å². The van der Waals surface area contributed by atoms with Gasteiger partial charge in [0.25, 0.3) is 0 Å². The first-order chi connectivity index (χ1) is 10.6. The minimum atomic E-state index is -0.337. The molecule has 0 saturated heterocycles. The predicted molar refractivity (Wildman–Crippen MR) is 85.7 cm³/mol. The van der Waals surface area contributed by atoms with Crippen molar-refractivity contribution in [2.75, 3.05) is 23.8 Å². The highest BCUT2D eigenvalue weighted by atomic mass is 32.1. The monoisotopic (exact) mass is 316 g/mol. The number of amides is 1. The molecule has 2 heterocycles. The number of likely N-dealkylation sites (N-methyl/N-ethyl adjacent to an activating group) is 1. The van der Waals surface area contributed by atoms with Crippen molar-refractivity contribution in [2.24, 2.45) is 0 Å². The van der Waals surface area contributed by atoms with Crippen LogP contribution in [0.15, 0.2) is 42.0 Å². The normalized spacial score (nSPS) is 10.6. The Morgan fingerprint density at radius 1 is 1.27 bits per heavy atom. The van der Waals surface area contributed by atoms with Gasteiger partial charge in [0.05, 0.1) is 11.9 Å². The molecule has 7 heteroatoms. The molecular formula is C15H13FN4OS. The van der Waals surface area contributed by atoms with Crippen molar-refractivity contribution in [1.82, 2.24) is 9.97 Å². The minimum Gasteiger partial charge on any atom is -0.350 e. The summed E-state index contributed by atoms with van der Waals surface area (Å²) in [7, 11) is 1.80. The maximum atomic E-state index is 12.8. The zero-order chi connectivity index (χ0) is 15.5. The number of benzene rings is 1. The maximum absolute atomic E-state index is 12.8. The molecule has 0 saturated carbocycles. The van der Waals surface area contributed by atoms with Gasteiger partial charge in [-0.25, -0.2) is 14.4 Å². The summed E-state index contributed by atoms with van der Waals surface area (Å²) in [5.41, 5.74) is 0.558. The summed E-state index contributed by atoms with van der Waals surface area (Å²) in [6, 6.07) is 7.59. The molecule has 5 nitrogen and oxygen atoms in total. The predicted octanol–water partition coefficient (Wildman–Crippen LogP) is 2.91. The first kappa shape index (κ1) is 14.4. The van der Waals surface area contributed by atoms with E-state index in [1.54, 1.807) is 11.9 Å². The second kappa shape index (κ2) is 6.07. The van der Waals surface area contributed by atoms with E-state index in [0.29, 0.717) is 11.5 Å². The second-order valence-corrected chi connectivity index (χ2v) is 5.64. The minimum absolute atomic E-state index is 0.138. The number of hydrogen-bond donors (Lipinski definition) is 1. The molecule has 0 aliphatic rings. The van der Waals surface area contributed by atoms with E-state index in [4.69, 9.17) is 0 Å². The molecule has 1 N–H and O–H groups in total. The number of nitrogens with zero attached hydrogens (tertiary/aromatic N) is 3. The molecule has 3 rings (SSSR count). The first-order valence-corrected chi connectivity index (χ1v) is 7.46. The number of carbonyl (C=O) groups is 1. The number of carbonyl (C=O) groups excluding carboxylic acids is 1. The lowest BCUT2D eigenvalue weighted by Gasteiger charge is -2.18. The highest BCUT2D eigenvalue weighted by Crippen LogP contribution is 2.25. The van der Waals surface area contributed by atoms with Crippen molar-refractivity contribution in [3.63, 3.8) is 0 Å². The van der Waals surface area contributed by atoms with Crippen LogP contribution < -0.4 is 10.2 Å². The Hall–Kier alpha value is -2.54. The van der Waals surface area contributed by atoms with Gasteiger partial charge < -0.3 is 10.2 Å². The van der Waals surface area contributed by atoms with E-state index in [2.05, 4.69) is 15.3 Å². The number of fused-ring (bicyclic) bond motifs is 1. The summed E-state index contributed by atoms with van der Waals surface area (Å²) >= 11 is 1.53. The number of nitrogens with one attached hydrogen (secondary N) is 1. The second-order valence-electron chi connectivity index (χ2n) is 4.75. The Morgan fingerprint density at radius 3 is 2.82 bits per heavy atom. The first-order valence-electron chi connectivity index (χ1n) is 6.58. The number of rotatable bonds is 4. The van der Waals surface area contributed by atoms with E-state index in [0.717, 1.165) is 10.2 Å². The Labute approximate surface area is 130 Å². The SMILES string of the molecule is CN(CC(=O)Nc1ccc(F)cc1)c1ncnc2sccc12. The topological polar surface area (TPSA) is 58.1 Å². The number of thiophene rings is 1. The number of halogens is 1. The zero-order valence-corrected chi connectivity index (χ0v) is 12.6. The van der Waals surface area contributed by atoms with Crippen LogP contribution in [0.1, 0.15) is 0 Å². The van der Waals surface area contributed by atoms with Gasteiger partial charge in [0.15, 0.2) is 0 Å². The maximum Gasteiger partial charge on any atom is 0.243 e. The van der Waals surface area contributed by atoms with Gasteiger partial charge in [-0.1, -0.05) is 0 Å². The third kappa shape index (κ3) is 3.04. The van der Waals surface area contributed by atoms with Gasteiger partial charge in [0.2, 0.25) is 5.91 Å². The van der Waals surface area contributed by atoms with Gasteiger partial charge in [0, 0.05) is 12.7 Å². The Kier molecular flexibility index (Phi) is 3.97. The Balaban J connectivity index is 1.71. The van der Waals surface area contributed by atoms with E-state index in [1.807, 2.05) is 11.4 Å². The average molecular weight is 316 g/mol. The molecule has 0 bridgehead atoms. The highest BCUT2D eigenvalue weighted by molar-refractivity contribution is 7.16. The third-order valence-electron chi connectivity index (χ3n) is 3.11. The molecule has 112 valence electrons. The van der Waals surface area contributed by atoms with E-state index < -0.39 is 0 Å². The molecule has 22 heavy (non-hydrogen) atoms. The van der Waals surface area contributed by atoms with Crippen molar-refractivity contribution in [3.8, 4) is 0 Å². The van der Waals surface area contributed by atoms with Crippen LogP contribution in [-0.4, -0.2) is 29.5 Å². The molecule has 2 aromatic heterocycles. The van der Waals surface area contributed by atoms with Crippen LogP contribution >= 0.6 is 11.3 Å². The molecule has 0 fully saturated rings. The van der Waals surface area contributed by atoms with Gasteiger partial charge in [-0.2, -0.15) is 0 Å². The molecule has 0 aliphatic heterocycles. The van der Waals surface area contributed by atoms with Gasteiger partial charge in [-0.3, -0.25) is 4.79 Å². The molecule has 1 aromatic carbocycles. The summed E-state index contributed by atoms with van der Waals surface area (Å²) in [6.45, 7) is 0.138. The highest BCUT2D eigenvalue weighted by Gasteiger charge is 2.13. The van der Waals surface area contributed by atoms with Gasteiger partial charge >= 0.3 is 0 Å². The smallest absolute Gasteiger partial charge is 0.243 e. The fourth-order valence-electron chi connectivity index (χ4n) is 2.11. The van der Waals surface area contributed by atoms with E-state index in [1.165, 1.54) is 41.9 Å². The van der Waals surface area contributed by atoms with Crippen LogP contribution in [-0.2, 0) is 4.79 Å². The van der Waals surface area contributed by atoms with Gasteiger partial charge in [-0.15, -0.1) is 11.3 Å². The zero-order valence-electron chi connectivity index (χ0n) is 11.8. The van der Waals surface area contributed by atoms with Crippen molar-refractivity contribution in [3.05, 3.63) is 47.9 Å². The van der Waals surface area contributed by atoms with Crippen LogP contribution in [0.2, 0.25) is 0 Å². The third-order valence-corrected chi connectivity index (χ3v) is 3.93. The summed E-state index contributed by atoms with van der Waals surface area (Å²) in [5, 5.41) is 5.58. The van der Waals surface area contributed by atoms with Crippen LogP contribution in [0.5, 0.6) is 0 Å². The van der Waals surface area contributed by atoms with E-state index in [9.17, 15) is 9.18 Å². The van der Waals surface area contributed by atoms with Crippen LogP contribution in [0.25, 0.3) is 10.2 Å². The molecule has 0 atom stereocenters. The fraction of sp³-hybridized carbons (Fsp3) is 0.133. The largest absolute Gasteiger partial charge is 0.350 e. The van der Waals surface area contributed by atoms with Crippen LogP contribution in [0.3, 0.4) is 0 Å². The molecule has 0 spiro atoms. The summed E-state index contributed by atoms with van der Waals surface area (Å²) in [6.07, 6.45) is 1.49. The molecule has 0 unspecified atom stereocenters. The summed E-state index contributed by atoms with van der Waals surface area (Å²) in [4.78, 5) is 23.1. The number of anilines is 2. The van der Waals surface area contributed by atoms with Crippen LogP contribution in [0, 0.1) is 5.82 Å². The van der Waals surface area contributed by atoms with Gasteiger partial charge in [0.1, 0.15) is 22.8 Å². The van der Waals surface area contributed by atoms with Gasteiger partial charge in [-0.05, 0) is 35.7 Å². The molecule has 0 aliphatic carbocycles. The quantitative estimate of drug-likeness (QED) is 0.804. The average Bonchev–Trinajstić information content (AvgIpc) is 2.97. The molecule has 3 aromatic rings. The van der Waals surface area contributed by atoms with E-state index in [-0.39, 0.29) is 18.3 Å². The van der Waals surface area contributed by atoms with Crippen molar-refractivity contribution >= 4 is 39.0 Å². The van der Waals surface area contributed by atoms with E-state index >= 15 is 0 Å². The fourth-order valence-corrected chi connectivity index (χ4v) is 2.83. The van der Waals surface area contributed by atoms with Crippen molar-refractivity contribution in [1.29, 1.82) is 0 Å². The Morgan fingerprint density at radius 2 is 2.05 bits per heavy atom. The molecule has 0 radical (unpaired) electrons. The van der Waals surface area contributed by atoms with Crippen molar-refractivity contribution in [2.45, 2.75) is 0 Å². The number of hydrogen-bond acceptors (Lipinski definition) is 5. The lowest BCUT2D eigenvalue weighted by Crippen LogP contribution is -2.30. The lowest BCUT2D eigenvalue weighted by molar-refractivity contribution is -0.114. The lowest BCUT2D eigenvalue weighted by atomic mass is 10.3. The molecular weight excluding hydrogens is 303 g/mol. The number of aromatic nitrogens is 2. The summed E-state index contributed by atoms with van der Waals surface area (Å²) < 4.78 is 12.8. The molecule has 1 amide bonds. The summed E-state index contributed by atoms with van der Waals surface area (Å²) in [5.74, 6) is 0.174. The Bertz CT molecular complexity index is 803. The standard InChI is InChI=1S/C15H13FN4OS/c1-20(14-12-6-7-22-15(12)18-9-17-14)8-13(21)19-11-4-2-10(16)3-5-11/h2-7,9H,8H2,1H3,(H,19,21). The van der Waals surface area contributed by atoms with Crippen molar-refractivity contribution < 1.29 is 9.18 Å².